The smallest absolute Gasteiger partial charge is 0.283 e. The van der Waals surface area contributed by atoms with Crippen LogP contribution in [-0.2, 0) is 6.18 Å². The van der Waals surface area contributed by atoms with Gasteiger partial charge in [0, 0.05) is 25.1 Å². The van der Waals surface area contributed by atoms with Crippen molar-refractivity contribution in [3.63, 3.8) is 0 Å². The van der Waals surface area contributed by atoms with E-state index in [1.54, 1.807) is 6.07 Å². The highest BCUT2D eigenvalue weighted by molar-refractivity contribution is 5.97. The van der Waals surface area contributed by atoms with Gasteiger partial charge in [-0.1, -0.05) is 0 Å². The molecule has 0 bridgehead atoms. The molecule has 1 aromatic heterocycles. The van der Waals surface area contributed by atoms with Crippen LogP contribution >= 0.6 is 0 Å². The van der Waals surface area contributed by atoms with Crippen molar-refractivity contribution < 1.29 is 26.3 Å². The number of rotatable bonds is 4. The fraction of sp³-hybridized carbons (Fsp3) is 0.278. The molecule has 4 rings (SSSR count). The molecule has 2 aromatic rings. The number of hydrogen-bond donors (Lipinski definition) is 3. The first-order valence-electron chi connectivity index (χ1n) is 9.12. The number of halogens is 6. The third kappa shape index (κ3) is 4.78. The zero-order chi connectivity index (χ0) is 23.1. The van der Waals surface area contributed by atoms with Crippen LogP contribution in [0.4, 0.5) is 32.0 Å². The second-order valence-electron chi connectivity index (χ2n) is 7.12. The van der Waals surface area contributed by atoms with E-state index in [-0.39, 0.29) is 22.9 Å². The van der Waals surface area contributed by atoms with Gasteiger partial charge in [-0.2, -0.15) is 23.5 Å². The molecule has 3 N–H and O–H groups in total. The maximum atomic E-state index is 13.7. The summed E-state index contributed by atoms with van der Waals surface area (Å²) in [6, 6.07) is 5.27. The summed E-state index contributed by atoms with van der Waals surface area (Å²) >= 11 is 0. The molecule has 2 heterocycles. The maximum Gasteiger partial charge on any atom is 0.435 e. The molecule has 0 saturated heterocycles. The number of hydrazine groups is 3. The van der Waals surface area contributed by atoms with Gasteiger partial charge in [-0.05, 0) is 29.5 Å². The van der Waals surface area contributed by atoms with Gasteiger partial charge in [0.1, 0.15) is 17.5 Å². The van der Waals surface area contributed by atoms with Crippen LogP contribution in [0.5, 0.6) is 0 Å². The van der Waals surface area contributed by atoms with Gasteiger partial charge in [0.05, 0.1) is 23.4 Å². The summed E-state index contributed by atoms with van der Waals surface area (Å²) in [7, 11) is 0. The quantitative estimate of drug-likeness (QED) is 0.612. The molecule has 1 aliphatic carbocycles. The molecule has 32 heavy (non-hydrogen) atoms. The highest BCUT2D eigenvalue weighted by Crippen LogP contribution is 2.39. The number of aromatic nitrogens is 2. The Balaban J connectivity index is 1.61. The lowest BCUT2D eigenvalue weighted by atomic mass is 9.89. The van der Waals surface area contributed by atoms with E-state index >= 15 is 0 Å². The fourth-order valence-electron chi connectivity index (χ4n) is 3.07. The number of anilines is 1. The van der Waals surface area contributed by atoms with E-state index in [1.165, 1.54) is 12.1 Å². The highest BCUT2D eigenvalue weighted by atomic mass is 19.4. The Hall–Kier alpha value is -3.73. The molecule has 1 saturated carbocycles. The van der Waals surface area contributed by atoms with Gasteiger partial charge in [-0.15, -0.1) is 0 Å². The van der Waals surface area contributed by atoms with Crippen LogP contribution in [0.25, 0.3) is 5.82 Å². The van der Waals surface area contributed by atoms with E-state index in [0.717, 1.165) is 34.3 Å². The summed E-state index contributed by atoms with van der Waals surface area (Å²) < 4.78 is 79.6. The molecule has 0 unspecified atom stereocenters. The van der Waals surface area contributed by atoms with Crippen LogP contribution in [0.2, 0.25) is 0 Å². The summed E-state index contributed by atoms with van der Waals surface area (Å²) in [5.41, 5.74) is 7.04. The molecule has 168 valence electrons. The number of aliphatic imine (C=N–C) groups is 1. The molecular formula is C18H14F6N8. The first-order valence-corrected chi connectivity index (χ1v) is 9.12. The standard InChI is InChI=1S/C18H14F6N8/c19-11-3-10(9-25)4-12(5-11)27-32-29-15(26-13-7-17(20,21)8-13)6-16(30-32)31-2-1-14(28-31)18(22,23)24/h1-6,13,27,30H,7-8H2,(H,26,29). The van der Waals surface area contributed by atoms with Gasteiger partial charge in [-0.25, -0.2) is 17.9 Å². The number of hydrogen-bond acceptors (Lipinski definition) is 6. The Labute approximate surface area is 176 Å². The minimum atomic E-state index is -4.67. The summed E-state index contributed by atoms with van der Waals surface area (Å²) in [5, 5.41) is 13.5. The van der Waals surface area contributed by atoms with E-state index in [4.69, 9.17) is 5.26 Å². The van der Waals surface area contributed by atoms with Crippen LogP contribution in [0.15, 0.2) is 41.5 Å². The van der Waals surface area contributed by atoms with Crippen molar-refractivity contribution in [2.24, 2.45) is 4.99 Å². The maximum absolute atomic E-state index is 13.7. The van der Waals surface area contributed by atoms with Crippen molar-refractivity contribution in [2.75, 3.05) is 5.43 Å². The Morgan fingerprint density at radius 3 is 2.59 bits per heavy atom. The first kappa shape index (κ1) is 21.5. The summed E-state index contributed by atoms with van der Waals surface area (Å²) in [6.45, 7) is 0. The predicted octanol–water partition coefficient (Wildman–Crippen LogP) is 3.26. The first-order chi connectivity index (χ1) is 15.0. The van der Waals surface area contributed by atoms with Crippen LogP contribution < -0.4 is 16.3 Å². The number of amidine groups is 1. The highest BCUT2D eigenvalue weighted by Gasteiger charge is 2.45. The zero-order valence-electron chi connectivity index (χ0n) is 16.0. The minimum absolute atomic E-state index is 0.00602. The lowest BCUT2D eigenvalue weighted by Gasteiger charge is -2.35. The van der Waals surface area contributed by atoms with Crippen LogP contribution in [-0.4, -0.2) is 32.8 Å². The second kappa shape index (κ2) is 7.75. The average Bonchev–Trinajstić information content (AvgIpc) is 3.16. The molecule has 0 radical (unpaired) electrons. The molecule has 0 amide bonds. The van der Waals surface area contributed by atoms with Gasteiger partial charge < -0.3 is 0 Å². The third-order valence-electron chi connectivity index (χ3n) is 4.51. The van der Waals surface area contributed by atoms with Gasteiger partial charge in [0.15, 0.2) is 5.69 Å². The minimum Gasteiger partial charge on any atom is -0.283 e. The van der Waals surface area contributed by atoms with Crippen molar-refractivity contribution in [3.05, 3.63) is 53.6 Å². The number of nitrogens with zero attached hydrogens (tertiary/aromatic N) is 5. The van der Waals surface area contributed by atoms with Crippen molar-refractivity contribution >= 4 is 17.3 Å². The van der Waals surface area contributed by atoms with Crippen molar-refractivity contribution in [1.29, 1.82) is 5.26 Å². The lowest BCUT2D eigenvalue weighted by Crippen LogP contribution is -2.57. The molecule has 14 heteroatoms. The molecule has 0 atom stereocenters. The van der Waals surface area contributed by atoms with Crippen LogP contribution in [0.3, 0.4) is 0 Å². The lowest BCUT2D eigenvalue weighted by molar-refractivity contribution is -0.141. The predicted molar refractivity (Wildman–Crippen MR) is 99.8 cm³/mol. The van der Waals surface area contributed by atoms with Gasteiger partial charge in [-0.3, -0.25) is 21.3 Å². The second-order valence-corrected chi connectivity index (χ2v) is 7.12. The average molecular weight is 456 g/mol. The Morgan fingerprint density at radius 1 is 1.22 bits per heavy atom. The number of nitrogens with one attached hydrogen (secondary N) is 3. The SMILES string of the molecule is N#Cc1cc(F)cc(NN2NC(n3ccc(C(F)(F)F)n3)=CC(=NC3CC(F)(F)C3)N2)c1. The molecule has 2 aliphatic rings. The third-order valence-corrected chi connectivity index (χ3v) is 4.51. The van der Waals surface area contributed by atoms with Gasteiger partial charge >= 0.3 is 6.18 Å². The zero-order valence-corrected chi connectivity index (χ0v) is 16.0. The molecule has 1 aromatic carbocycles. The number of benzene rings is 1. The fourth-order valence-corrected chi connectivity index (χ4v) is 3.07. The van der Waals surface area contributed by atoms with Gasteiger partial charge in [0.25, 0.3) is 5.92 Å². The summed E-state index contributed by atoms with van der Waals surface area (Å²) in [6.07, 6.45) is -3.25. The summed E-state index contributed by atoms with van der Waals surface area (Å²) in [4.78, 5) is 4.15. The van der Waals surface area contributed by atoms with E-state index < -0.39 is 42.5 Å². The normalized spacial score (nSPS) is 20.0. The van der Waals surface area contributed by atoms with Gasteiger partial charge in [0.2, 0.25) is 0 Å². The van der Waals surface area contributed by atoms with Crippen LogP contribution in [0.1, 0.15) is 24.1 Å². The largest absolute Gasteiger partial charge is 0.435 e. The molecular weight excluding hydrogens is 442 g/mol. The van der Waals surface area contributed by atoms with Crippen molar-refractivity contribution in [3.8, 4) is 6.07 Å². The van der Waals surface area contributed by atoms with E-state index in [0.29, 0.717) is 0 Å². The number of alkyl halides is 5. The van der Waals surface area contributed by atoms with Crippen molar-refractivity contribution in [2.45, 2.75) is 31.0 Å². The topological polar surface area (TPSA) is 93.3 Å². The summed E-state index contributed by atoms with van der Waals surface area (Å²) in [5.74, 6) is -3.47. The Kier molecular flexibility index (Phi) is 5.21. The van der Waals surface area contributed by atoms with Crippen LogP contribution in [0, 0.1) is 17.1 Å². The monoisotopic (exact) mass is 456 g/mol. The molecule has 0 spiro atoms. The Bertz CT molecular complexity index is 1120. The molecule has 1 fully saturated rings. The molecule has 8 nitrogen and oxygen atoms in total. The van der Waals surface area contributed by atoms with E-state index in [1.807, 2.05) is 0 Å². The van der Waals surface area contributed by atoms with Crippen molar-refractivity contribution in [1.82, 2.24) is 25.9 Å². The Morgan fingerprint density at radius 2 is 1.97 bits per heavy atom. The number of nitriles is 1. The van der Waals surface area contributed by atoms with E-state index in [2.05, 4.69) is 26.4 Å². The molecule has 1 aliphatic heterocycles. The van der Waals surface area contributed by atoms with E-state index in [9.17, 15) is 26.3 Å².